The number of benzene rings is 2. The van der Waals surface area contributed by atoms with Crippen molar-refractivity contribution in [2.45, 2.75) is 31.8 Å². The van der Waals surface area contributed by atoms with Crippen molar-refractivity contribution in [3.8, 4) is 11.1 Å². The average molecular weight is 403 g/mol. The zero-order valence-corrected chi connectivity index (χ0v) is 17.0. The molecule has 0 spiro atoms. The van der Waals surface area contributed by atoms with Crippen LogP contribution in [0.5, 0.6) is 0 Å². The molecule has 3 aromatic rings. The van der Waals surface area contributed by atoms with E-state index in [4.69, 9.17) is 15.5 Å². The van der Waals surface area contributed by atoms with Gasteiger partial charge in [-0.15, -0.1) is 0 Å². The molecule has 2 heterocycles. The summed E-state index contributed by atoms with van der Waals surface area (Å²) in [6.45, 7) is 1.10. The number of ether oxygens (including phenoxy) is 1. The molecule has 0 bridgehead atoms. The van der Waals surface area contributed by atoms with Crippen molar-refractivity contribution in [2.24, 2.45) is 5.73 Å². The summed E-state index contributed by atoms with van der Waals surface area (Å²) in [6.07, 6.45) is 2.67. The third kappa shape index (κ3) is 3.78. The minimum absolute atomic E-state index is 0.335. The highest BCUT2D eigenvalue weighted by molar-refractivity contribution is 6.07. The predicted molar refractivity (Wildman–Crippen MR) is 116 cm³/mol. The Bertz CT molecular complexity index is 1080. The van der Waals surface area contributed by atoms with Gasteiger partial charge in [-0.05, 0) is 31.0 Å². The number of nitrogens with two attached hydrogens (primary N) is 1. The molecule has 0 aliphatic carbocycles. The Hall–Kier alpha value is -3.25. The number of carbonyl (C=O) groups is 2. The maximum Gasteiger partial charge on any atom is 0.340 e. The van der Waals surface area contributed by atoms with Crippen LogP contribution in [0.2, 0.25) is 0 Å². The Morgan fingerprint density at radius 3 is 2.57 bits per heavy atom. The zero-order chi connectivity index (χ0) is 21.1. The number of amides is 1. The van der Waals surface area contributed by atoms with E-state index in [-0.39, 0.29) is 11.9 Å². The lowest BCUT2D eigenvalue weighted by Crippen LogP contribution is -2.47. The highest BCUT2D eigenvalue weighted by atomic mass is 16.5. The van der Waals surface area contributed by atoms with E-state index in [0.717, 1.165) is 47.8 Å². The van der Waals surface area contributed by atoms with Crippen LogP contribution in [0.15, 0.2) is 54.6 Å². The third-order valence-electron chi connectivity index (χ3n) is 5.71. The molecule has 1 atom stereocenters. The van der Waals surface area contributed by atoms with Crippen LogP contribution in [-0.2, 0) is 16.1 Å². The van der Waals surface area contributed by atoms with Gasteiger partial charge in [0, 0.05) is 17.5 Å². The molecule has 2 N–H and O–H groups in total. The molecule has 0 radical (unpaired) electrons. The fourth-order valence-corrected chi connectivity index (χ4v) is 4.30. The lowest BCUT2D eigenvalue weighted by molar-refractivity contribution is -0.124. The van der Waals surface area contributed by atoms with Crippen molar-refractivity contribution >= 4 is 22.8 Å². The van der Waals surface area contributed by atoms with Crippen molar-refractivity contribution in [3.05, 3.63) is 65.9 Å². The molecular formula is C24H25N3O3. The van der Waals surface area contributed by atoms with Gasteiger partial charge in [0.25, 0.3) is 0 Å². The highest BCUT2D eigenvalue weighted by Gasteiger charge is 2.30. The predicted octanol–water partition coefficient (Wildman–Crippen LogP) is 3.53. The van der Waals surface area contributed by atoms with E-state index in [1.165, 1.54) is 7.11 Å². The van der Waals surface area contributed by atoms with E-state index >= 15 is 0 Å². The first-order valence-electron chi connectivity index (χ1n) is 10.2. The summed E-state index contributed by atoms with van der Waals surface area (Å²) >= 11 is 0. The molecule has 1 amide bonds. The Labute approximate surface area is 175 Å². The summed E-state index contributed by atoms with van der Waals surface area (Å²) in [4.78, 5) is 31.8. The number of nitrogens with zero attached hydrogens (tertiary/aromatic N) is 2. The first kappa shape index (κ1) is 20.0. The lowest BCUT2D eigenvalue weighted by atomic mass is 9.93. The molecule has 1 aliphatic heterocycles. The van der Waals surface area contributed by atoms with Crippen molar-refractivity contribution in [2.75, 3.05) is 13.7 Å². The second kappa shape index (κ2) is 8.63. The summed E-state index contributed by atoms with van der Waals surface area (Å²) in [6, 6.07) is 17.2. The number of aromatic nitrogens is 1. The smallest absolute Gasteiger partial charge is 0.340 e. The van der Waals surface area contributed by atoms with Crippen LogP contribution < -0.4 is 5.73 Å². The van der Waals surface area contributed by atoms with Crippen molar-refractivity contribution in [1.29, 1.82) is 0 Å². The molecule has 4 rings (SSSR count). The average Bonchev–Trinajstić information content (AvgIpc) is 2.78. The molecule has 6 nitrogen and oxygen atoms in total. The molecule has 0 unspecified atom stereocenters. The monoisotopic (exact) mass is 403 g/mol. The van der Waals surface area contributed by atoms with Gasteiger partial charge in [-0.2, -0.15) is 0 Å². The van der Waals surface area contributed by atoms with Crippen molar-refractivity contribution < 1.29 is 14.3 Å². The number of primary amides is 1. The van der Waals surface area contributed by atoms with Crippen molar-refractivity contribution in [1.82, 2.24) is 9.88 Å². The number of hydrogen-bond acceptors (Lipinski definition) is 5. The van der Waals surface area contributed by atoms with E-state index in [1.54, 1.807) is 0 Å². The maximum atomic E-state index is 13.0. The summed E-state index contributed by atoms with van der Waals surface area (Å²) < 4.78 is 5.16. The van der Waals surface area contributed by atoms with Crippen LogP contribution in [0, 0.1) is 0 Å². The number of carbonyl (C=O) groups excluding carboxylic acids is 2. The van der Waals surface area contributed by atoms with Crippen LogP contribution in [-0.4, -0.2) is 41.5 Å². The minimum Gasteiger partial charge on any atom is -0.465 e. The Morgan fingerprint density at radius 2 is 1.83 bits per heavy atom. The summed E-state index contributed by atoms with van der Waals surface area (Å²) in [5, 5.41) is 0.887. The number of likely N-dealkylation sites (tertiary alicyclic amines) is 1. The van der Waals surface area contributed by atoms with Gasteiger partial charge in [0.15, 0.2) is 0 Å². The van der Waals surface area contributed by atoms with E-state index < -0.39 is 5.97 Å². The summed E-state index contributed by atoms with van der Waals surface area (Å²) in [5.74, 6) is -0.770. The van der Waals surface area contributed by atoms with Gasteiger partial charge < -0.3 is 10.5 Å². The fourth-order valence-electron chi connectivity index (χ4n) is 4.30. The number of hydrogen-bond donors (Lipinski definition) is 1. The fraction of sp³-hybridized carbons (Fsp3) is 0.292. The summed E-state index contributed by atoms with van der Waals surface area (Å²) in [7, 11) is 1.38. The van der Waals surface area contributed by atoms with Gasteiger partial charge in [-0.3, -0.25) is 14.7 Å². The first-order chi connectivity index (χ1) is 14.6. The highest BCUT2D eigenvalue weighted by Crippen LogP contribution is 2.34. The van der Waals surface area contributed by atoms with Gasteiger partial charge >= 0.3 is 5.97 Å². The van der Waals surface area contributed by atoms with Gasteiger partial charge in [0.1, 0.15) is 0 Å². The van der Waals surface area contributed by atoms with Gasteiger partial charge in [0.05, 0.1) is 29.9 Å². The molecule has 1 aliphatic rings. The van der Waals surface area contributed by atoms with Crippen LogP contribution >= 0.6 is 0 Å². The van der Waals surface area contributed by atoms with E-state index in [1.807, 2.05) is 59.5 Å². The van der Waals surface area contributed by atoms with Crippen molar-refractivity contribution in [3.63, 3.8) is 0 Å². The van der Waals surface area contributed by atoms with Gasteiger partial charge in [-0.25, -0.2) is 4.79 Å². The molecule has 6 heteroatoms. The number of para-hydroxylation sites is 1. The molecule has 1 fully saturated rings. The van der Waals surface area contributed by atoms with E-state index in [9.17, 15) is 9.59 Å². The second-order valence-corrected chi connectivity index (χ2v) is 7.57. The SMILES string of the molecule is COC(=O)c1c(CN2CCCC[C@H]2C(N)=O)nc2ccccc2c1-c1ccccc1. The number of rotatable bonds is 5. The first-order valence-corrected chi connectivity index (χ1v) is 10.2. The number of esters is 1. The molecule has 1 saturated heterocycles. The summed E-state index contributed by atoms with van der Waals surface area (Å²) in [5.41, 5.74) is 9.22. The molecule has 154 valence electrons. The van der Waals surface area contributed by atoms with Gasteiger partial charge in [0.2, 0.25) is 5.91 Å². The number of piperidine rings is 1. The largest absolute Gasteiger partial charge is 0.465 e. The lowest BCUT2D eigenvalue weighted by Gasteiger charge is -2.33. The van der Waals surface area contributed by atoms with Crippen LogP contribution in [0.1, 0.15) is 35.3 Å². The minimum atomic E-state index is -0.435. The van der Waals surface area contributed by atoms with Crippen LogP contribution in [0.4, 0.5) is 0 Å². The molecular weight excluding hydrogens is 378 g/mol. The Kier molecular flexibility index (Phi) is 5.77. The Morgan fingerprint density at radius 1 is 1.10 bits per heavy atom. The second-order valence-electron chi connectivity index (χ2n) is 7.57. The van der Waals surface area contributed by atoms with Crippen LogP contribution in [0.3, 0.4) is 0 Å². The quantitative estimate of drug-likeness (QED) is 0.659. The zero-order valence-electron chi connectivity index (χ0n) is 17.0. The number of methoxy groups -OCH3 is 1. The standard InChI is InChI=1S/C24H25N3O3/c1-30-24(29)22-19(15-27-14-8-7-13-20(27)23(25)28)26-18-12-6-5-11-17(18)21(22)16-9-3-2-4-10-16/h2-6,9-12,20H,7-8,13-15H2,1H3,(H2,25,28)/t20-/m0/s1. The normalized spacial score (nSPS) is 17.0. The molecule has 2 aromatic carbocycles. The maximum absolute atomic E-state index is 13.0. The molecule has 30 heavy (non-hydrogen) atoms. The number of pyridine rings is 1. The Balaban J connectivity index is 1.93. The van der Waals surface area contributed by atoms with E-state index in [0.29, 0.717) is 17.8 Å². The molecule has 0 saturated carbocycles. The van der Waals surface area contributed by atoms with Crippen LogP contribution in [0.25, 0.3) is 22.0 Å². The third-order valence-corrected chi connectivity index (χ3v) is 5.71. The topological polar surface area (TPSA) is 85.5 Å². The van der Waals surface area contributed by atoms with Gasteiger partial charge in [-0.1, -0.05) is 55.0 Å². The number of fused-ring (bicyclic) bond motifs is 1. The molecule has 1 aromatic heterocycles. The van der Waals surface area contributed by atoms with E-state index in [2.05, 4.69) is 0 Å².